The maximum Gasteiger partial charge on any atom is 0.276 e. The minimum absolute atomic E-state index is 0.234. The number of aryl methyl sites for hydroxylation is 3. The maximum absolute atomic E-state index is 12.2. The van der Waals surface area contributed by atoms with Crippen molar-refractivity contribution in [3.05, 3.63) is 47.0 Å². The van der Waals surface area contributed by atoms with Crippen LogP contribution in [0.5, 0.6) is 0 Å². The molecule has 1 aliphatic rings. The van der Waals surface area contributed by atoms with Gasteiger partial charge >= 0.3 is 0 Å². The summed E-state index contributed by atoms with van der Waals surface area (Å²) in [4.78, 5) is 16.2. The van der Waals surface area contributed by atoms with Crippen LogP contribution >= 0.6 is 0 Å². The van der Waals surface area contributed by atoms with Gasteiger partial charge in [-0.2, -0.15) is 5.10 Å². The normalized spacial score (nSPS) is 13.7. The van der Waals surface area contributed by atoms with Crippen molar-refractivity contribution in [3.63, 3.8) is 0 Å². The molecular formula is C15H16N4O. The summed E-state index contributed by atoms with van der Waals surface area (Å²) in [5.74, 6) is -0.234. The Morgan fingerprint density at radius 3 is 2.95 bits per heavy atom. The Labute approximate surface area is 117 Å². The molecule has 2 aromatic heterocycles. The van der Waals surface area contributed by atoms with Gasteiger partial charge in [0.15, 0.2) is 5.69 Å². The summed E-state index contributed by atoms with van der Waals surface area (Å²) in [6.07, 6.45) is 7.59. The van der Waals surface area contributed by atoms with Crippen molar-refractivity contribution >= 4 is 11.6 Å². The van der Waals surface area contributed by atoms with E-state index < -0.39 is 0 Å². The van der Waals surface area contributed by atoms with Crippen LogP contribution in [0, 0.1) is 6.92 Å². The summed E-state index contributed by atoms with van der Waals surface area (Å²) < 4.78 is 0. The van der Waals surface area contributed by atoms with E-state index in [4.69, 9.17) is 0 Å². The van der Waals surface area contributed by atoms with Gasteiger partial charge in [0.1, 0.15) is 0 Å². The van der Waals surface area contributed by atoms with Crippen LogP contribution in [0.3, 0.4) is 0 Å². The van der Waals surface area contributed by atoms with Gasteiger partial charge in [-0.05, 0) is 55.9 Å². The third kappa shape index (κ3) is 2.52. The number of nitrogens with one attached hydrogen (secondary N) is 1. The number of rotatable bonds is 2. The molecule has 2 heterocycles. The average molecular weight is 268 g/mol. The highest BCUT2D eigenvalue weighted by molar-refractivity contribution is 6.03. The Bertz CT molecular complexity index is 654. The number of aromatic nitrogens is 3. The number of pyridine rings is 1. The lowest BCUT2D eigenvalue weighted by Gasteiger charge is -2.14. The summed E-state index contributed by atoms with van der Waals surface area (Å²) in [6, 6.07) is 3.72. The number of hydrogen-bond acceptors (Lipinski definition) is 4. The average Bonchev–Trinajstić information content (AvgIpc) is 2.49. The van der Waals surface area contributed by atoms with Crippen molar-refractivity contribution in [2.24, 2.45) is 0 Å². The number of anilines is 1. The van der Waals surface area contributed by atoms with Gasteiger partial charge in [-0.1, -0.05) is 0 Å². The lowest BCUT2D eigenvalue weighted by Crippen LogP contribution is -2.17. The van der Waals surface area contributed by atoms with Crippen LogP contribution in [0.4, 0.5) is 5.69 Å². The Morgan fingerprint density at radius 2 is 2.10 bits per heavy atom. The molecule has 0 bridgehead atoms. The molecule has 0 radical (unpaired) electrons. The summed E-state index contributed by atoms with van der Waals surface area (Å²) in [7, 11) is 0. The van der Waals surface area contributed by atoms with Crippen molar-refractivity contribution in [1.29, 1.82) is 0 Å². The van der Waals surface area contributed by atoms with Crippen LogP contribution in [-0.2, 0) is 12.8 Å². The highest BCUT2D eigenvalue weighted by Crippen LogP contribution is 2.19. The number of amides is 1. The topological polar surface area (TPSA) is 67.8 Å². The van der Waals surface area contributed by atoms with Gasteiger partial charge in [-0.3, -0.25) is 9.78 Å². The lowest BCUT2D eigenvalue weighted by molar-refractivity contribution is 0.102. The van der Waals surface area contributed by atoms with Crippen LogP contribution in [0.2, 0.25) is 0 Å². The van der Waals surface area contributed by atoms with Crippen molar-refractivity contribution in [2.75, 3.05) is 5.32 Å². The molecule has 20 heavy (non-hydrogen) atoms. The van der Waals surface area contributed by atoms with Gasteiger partial charge in [0, 0.05) is 6.20 Å². The van der Waals surface area contributed by atoms with Gasteiger partial charge in [-0.25, -0.2) is 0 Å². The van der Waals surface area contributed by atoms with E-state index in [1.54, 1.807) is 12.4 Å². The molecule has 5 nitrogen and oxygen atoms in total. The lowest BCUT2D eigenvalue weighted by atomic mass is 9.96. The highest BCUT2D eigenvalue weighted by Gasteiger charge is 2.16. The summed E-state index contributed by atoms with van der Waals surface area (Å²) >= 11 is 0. The Hall–Kier alpha value is -2.30. The minimum Gasteiger partial charge on any atom is -0.319 e. The fourth-order valence-electron chi connectivity index (χ4n) is 2.38. The molecule has 0 unspecified atom stereocenters. The molecule has 0 aliphatic heterocycles. The van der Waals surface area contributed by atoms with Crippen LogP contribution in [-0.4, -0.2) is 21.1 Å². The monoisotopic (exact) mass is 268 g/mol. The summed E-state index contributed by atoms with van der Waals surface area (Å²) in [5.41, 5.74) is 4.23. The second kappa shape index (κ2) is 5.36. The van der Waals surface area contributed by atoms with E-state index in [2.05, 4.69) is 20.5 Å². The van der Waals surface area contributed by atoms with Gasteiger partial charge < -0.3 is 5.32 Å². The molecule has 5 heteroatoms. The molecule has 1 aliphatic carbocycles. The first-order chi connectivity index (χ1) is 9.74. The first-order valence-corrected chi connectivity index (χ1v) is 6.81. The Morgan fingerprint density at radius 1 is 1.25 bits per heavy atom. The molecule has 102 valence electrons. The third-order valence-corrected chi connectivity index (χ3v) is 3.59. The van der Waals surface area contributed by atoms with Crippen molar-refractivity contribution in [2.45, 2.75) is 32.6 Å². The molecule has 1 amide bonds. The zero-order valence-electron chi connectivity index (χ0n) is 11.4. The third-order valence-electron chi connectivity index (χ3n) is 3.59. The number of carbonyl (C=O) groups is 1. The van der Waals surface area contributed by atoms with Crippen molar-refractivity contribution < 1.29 is 4.79 Å². The van der Waals surface area contributed by atoms with Gasteiger partial charge in [0.05, 0.1) is 17.6 Å². The predicted octanol–water partition coefficient (Wildman–Crippen LogP) is 2.31. The second-order valence-corrected chi connectivity index (χ2v) is 5.05. The van der Waals surface area contributed by atoms with Crippen LogP contribution < -0.4 is 5.32 Å². The molecule has 0 fully saturated rings. The molecule has 2 aromatic rings. The number of hydrogen-bond donors (Lipinski definition) is 1. The van der Waals surface area contributed by atoms with Gasteiger partial charge in [-0.15, -0.1) is 5.10 Å². The van der Waals surface area contributed by atoms with E-state index in [1.165, 1.54) is 0 Å². The molecule has 1 N–H and O–H groups in total. The van der Waals surface area contributed by atoms with Gasteiger partial charge in [0.25, 0.3) is 5.91 Å². The first kappa shape index (κ1) is 12.7. The van der Waals surface area contributed by atoms with Crippen LogP contribution in [0.1, 0.15) is 40.2 Å². The number of nitrogens with zero attached hydrogens (tertiary/aromatic N) is 3. The van der Waals surface area contributed by atoms with Crippen LogP contribution in [0.25, 0.3) is 0 Å². The van der Waals surface area contributed by atoms with E-state index in [0.29, 0.717) is 11.4 Å². The van der Waals surface area contributed by atoms with E-state index in [9.17, 15) is 4.79 Å². The fourth-order valence-corrected chi connectivity index (χ4v) is 2.38. The van der Waals surface area contributed by atoms with E-state index in [-0.39, 0.29) is 5.91 Å². The maximum atomic E-state index is 12.2. The van der Waals surface area contributed by atoms with Crippen molar-refractivity contribution in [1.82, 2.24) is 15.2 Å². The zero-order chi connectivity index (χ0) is 13.9. The first-order valence-electron chi connectivity index (χ1n) is 6.81. The Balaban J connectivity index is 1.82. The second-order valence-electron chi connectivity index (χ2n) is 5.05. The van der Waals surface area contributed by atoms with Gasteiger partial charge in [0.2, 0.25) is 0 Å². The predicted molar refractivity (Wildman–Crippen MR) is 75.6 cm³/mol. The van der Waals surface area contributed by atoms with E-state index in [0.717, 1.165) is 42.5 Å². The molecule has 0 aromatic carbocycles. The molecular weight excluding hydrogens is 252 g/mol. The minimum atomic E-state index is -0.234. The quantitative estimate of drug-likeness (QED) is 0.907. The largest absolute Gasteiger partial charge is 0.319 e. The number of fused-ring (bicyclic) bond motifs is 1. The molecule has 0 saturated heterocycles. The van der Waals surface area contributed by atoms with Crippen molar-refractivity contribution in [3.8, 4) is 0 Å². The molecule has 0 spiro atoms. The fraction of sp³-hybridized carbons (Fsp3) is 0.333. The smallest absolute Gasteiger partial charge is 0.276 e. The van der Waals surface area contributed by atoms with E-state index >= 15 is 0 Å². The highest BCUT2D eigenvalue weighted by atomic mass is 16.1. The summed E-state index contributed by atoms with van der Waals surface area (Å²) in [6.45, 7) is 1.93. The van der Waals surface area contributed by atoms with Crippen LogP contribution in [0.15, 0.2) is 24.5 Å². The Kier molecular flexibility index (Phi) is 3.41. The summed E-state index contributed by atoms with van der Waals surface area (Å²) in [5, 5.41) is 11.0. The molecule has 0 atom stereocenters. The molecule has 3 rings (SSSR count). The standard InChI is InChI=1S/C15H16N4O/c1-10-6-7-16-9-14(10)17-15(20)13-8-11-4-2-3-5-12(11)18-19-13/h6-9H,2-5H2,1H3,(H,17,20). The SMILES string of the molecule is Cc1ccncc1NC(=O)c1cc2c(nn1)CCCC2. The molecule has 0 saturated carbocycles. The number of carbonyl (C=O) groups excluding carboxylic acids is 1. The zero-order valence-corrected chi connectivity index (χ0v) is 11.4. The van der Waals surface area contributed by atoms with E-state index in [1.807, 2.05) is 19.1 Å².